The van der Waals surface area contributed by atoms with E-state index < -0.39 is 36.8 Å². The van der Waals surface area contributed by atoms with E-state index in [9.17, 15) is 19.2 Å². The molecule has 2 saturated heterocycles. The molecule has 0 bridgehead atoms. The van der Waals surface area contributed by atoms with Crippen molar-refractivity contribution in [2.75, 3.05) is 60.9 Å². The molecule has 206 valence electrons. The van der Waals surface area contributed by atoms with Crippen molar-refractivity contribution in [1.29, 1.82) is 0 Å². The van der Waals surface area contributed by atoms with Crippen LogP contribution >= 0.6 is 41.4 Å². The van der Waals surface area contributed by atoms with Crippen molar-refractivity contribution in [2.45, 2.75) is 40.0 Å². The van der Waals surface area contributed by atoms with Gasteiger partial charge in [0.1, 0.15) is 0 Å². The Labute approximate surface area is 239 Å². The molecule has 2 aliphatic rings. The van der Waals surface area contributed by atoms with Gasteiger partial charge in [0.25, 0.3) is 0 Å². The van der Waals surface area contributed by atoms with E-state index in [1.807, 2.05) is 8.95 Å². The van der Waals surface area contributed by atoms with Gasteiger partial charge in [-0.15, -0.1) is 0 Å². The van der Waals surface area contributed by atoms with Gasteiger partial charge in [0, 0.05) is 0 Å². The molecule has 0 aromatic rings. The molecule has 2 aliphatic heterocycles. The van der Waals surface area contributed by atoms with Gasteiger partial charge in [-0.3, -0.25) is 0 Å². The Kier molecular flexibility index (Phi) is 27.3. The molecule has 0 aliphatic carbocycles. The molecule has 8 nitrogen and oxygen atoms in total. The molecule has 2 rings (SSSR count). The number of hydrogen-bond donors (Lipinski definition) is 0. The first-order chi connectivity index (χ1) is 15.9. The molecule has 2 heterocycles. The van der Waals surface area contributed by atoms with E-state index in [2.05, 4.69) is 9.88 Å². The van der Waals surface area contributed by atoms with E-state index in [0.717, 1.165) is 11.5 Å². The summed E-state index contributed by atoms with van der Waals surface area (Å²) in [5.41, 5.74) is 0. The second-order valence-corrected chi connectivity index (χ2v) is 39.7. The Morgan fingerprint density at radius 3 is 1.31 bits per heavy atom. The van der Waals surface area contributed by atoms with E-state index in [1.165, 1.54) is 8.87 Å². The van der Waals surface area contributed by atoms with E-state index >= 15 is 0 Å². The first-order valence-electron chi connectivity index (χ1n) is 10.9. The summed E-state index contributed by atoms with van der Waals surface area (Å²) in [6, 6.07) is 0. The minimum atomic E-state index is -1.56. The third kappa shape index (κ3) is 23.7. The van der Waals surface area contributed by atoms with Gasteiger partial charge in [-0.25, -0.2) is 0 Å². The Hall–Kier alpha value is 0.877. The zero-order valence-electron chi connectivity index (χ0n) is 19.2. The predicted octanol–water partition coefficient (Wildman–Crippen LogP) is 3.48. The van der Waals surface area contributed by atoms with Crippen molar-refractivity contribution in [3.8, 4) is 0 Å². The SMILES string of the molecule is C.C.[CH3][SnH]1[CH2]CSCC(=O)OCCCOC(=O)C[S]1.[CH3][SnH]1[CH2]CSCC(=O)OCCOC(=O)C[S]1. The van der Waals surface area contributed by atoms with Gasteiger partial charge in [0.05, 0.1) is 0 Å². The van der Waals surface area contributed by atoms with Crippen LogP contribution in [0.15, 0.2) is 0 Å². The maximum absolute atomic E-state index is 11.3. The number of cyclic esters (lactones) is 4. The number of rotatable bonds is 0. The van der Waals surface area contributed by atoms with Crippen molar-refractivity contribution in [3.63, 3.8) is 0 Å². The van der Waals surface area contributed by atoms with E-state index in [0.29, 0.717) is 42.6 Å². The van der Waals surface area contributed by atoms with Crippen molar-refractivity contribution in [2.24, 2.45) is 0 Å². The molecule has 2 unspecified atom stereocenters. The summed E-state index contributed by atoms with van der Waals surface area (Å²) in [7, 11) is 3.62. The van der Waals surface area contributed by atoms with Crippen LogP contribution in [-0.4, -0.2) is 122 Å². The summed E-state index contributed by atoms with van der Waals surface area (Å²) in [5.74, 6) is 3.16. The van der Waals surface area contributed by atoms with Crippen LogP contribution in [-0.2, 0) is 38.1 Å². The Morgan fingerprint density at radius 2 is 0.914 bits per heavy atom. The molecule has 0 saturated carbocycles. The zero-order chi connectivity index (χ0) is 24.3. The van der Waals surface area contributed by atoms with Gasteiger partial charge in [0.2, 0.25) is 0 Å². The van der Waals surface area contributed by atoms with E-state index in [-0.39, 0.29) is 51.9 Å². The summed E-state index contributed by atoms with van der Waals surface area (Å²) in [5, 5.41) is 0. The summed E-state index contributed by atoms with van der Waals surface area (Å²) in [6.45, 7) is 1.05. The van der Waals surface area contributed by atoms with Crippen molar-refractivity contribution in [1.82, 2.24) is 0 Å². The van der Waals surface area contributed by atoms with Crippen LogP contribution in [0.1, 0.15) is 21.3 Å². The Balaban J connectivity index is 0. The molecular weight excluding hydrogens is 746 g/mol. The summed E-state index contributed by atoms with van der Waals surface area (Å²) >= 11 is 0.158. The van der Waals surface area contributed by atoms with Crippen LogP contribution in [0, 0.1) is 0 Å². The Bertz CT molecular complexity index is 616. The number of esters is 4. The average Bonchev–Trinajstić information content (AvgIpc) is 2.80. The molecule has 0 N–H and O–H groups in total. The minimum absolute atomic E-state index is 0. The predicted molar refractivity (Wildman–Crippen MR) is 157 cm³/mol. The van der Waals surface area contributed by atoms with Gasteiger partial charge >= 0.3 is 226 Å². The fraction of sp³-hybridized carbons (Fsp3) is 0.810. The van der Waals surface area contributed by atoms with Crippen molar-refractivity contribution < 1.29 is 38.1 Å². The van der Waals surface area contributed by atoms with Gasteiger partial charge in [0.15, 0.2) is 0 Å². The van der Waals surface area contributed by atoms with E-state index in [1.54, 1.807) is 32.5 Å². The van der Waals surface area contributed by atoms with Crippen LogP contribution in [0.25, 0.3) is 0 Å². The molecular formula is C21H42O8S4Sn2. The van der Waals surface area contributed by atoms with Gasteiger partial charge in [-0.05, 0) is 0 Å². The quantitative estimate of drug-likeness (QED) is 0.204. The first-order valence-corrected chi connectivity index (χ1v) is 34.6. The second kappa shape index (κ2) is 25.2. The zero-order valence-corrected chi connectivity index (χ0v) is 29.1. The van der Waals surface area contributed by atoms with Gasteiger partial charge < -0.3 is 0 Å². The molecule has 35 heavy (non-hydrogen) atoms. The fourth-order valence-corrected chi connectivity index (χ4v) is 27.9. The van der Waals surface area contributed by atoms with Crippen LogP contribution in [0.4, 0.5) is 0 Å². The summed E-state index contributed by atoms with van der Waals surface area (Å²) in [4.78, 5) is 49.6. The molecule has 14 heteroatoms. The molecule has 2 atom stereocenters. The summed E-state index contributed by atoms with van der Waals surface area (Å²) in [6.07, 6.45) is 0.589. The van der Waals surface area contributed by atoms with E-state index in [4.69, 9.17) is 18.9 Å². The molecule has 0 aromatic heterocycles. The third-order valence-electron chi connectivity index (χ3n) is 4.17. The summed E-state index contributed by atoms with van der Waals surface area (Å²) < 4.78 is 22.3. The number of carbonyl (C=O) groups is 4. The van der Waals surface area contributed by atoms with Crippen molar-refractivity contribution in [3.05, 3.63) is 0 Å². The fourth-order valence-electron chi connectivity index (χ4n) is 2.31. The Morgan fingerprint density at radius 1 is 0.571 bits per heavy atom. The van der Waals surface area contributed by atoms with Crippen LogP contribution in [0.2, 0.25) is 18.8 Å². The third-order valence-corrected chi connectivity index (χ3v) is 32.5. The van der Waals surface area contributed by atoms with Gasteiger partial charge in [-0.2, -0.15) is 0 Å². The maximum atomic E-state index is 11.3. The molecule has 2 fully saturated rings. The molecule has 0 amide bonds. The number of ether oxygens (including phenoxy) is 4. The van der Waals surface area contributed by atoms with Crippen molar-refractivity contribution >= 4 is 102 Å². The molecule has 0 aromatic carbocycles. The standard InChI is InChI=1S/C9H15O4S2.C8H13O4S2.2CH4.2CH3.2Sn.2H/c1-2-15-7-9(11)13-5-3-4-12-8(10)6-14;1-2-14-6-8(10)12-4-3-11-7(9)5-13;;;;;;;;/h14H,1-7H2;13H,1-6H2;2*1H4;2*1H3;;;;/q;;;;;;2*+1;;/p-2. The average molecular weight is 788 g/mol. The monoisotopic (exact) mass is 790 g/mol. The number of hydrogen-bond acceptors (Lipinski definition) is 12. The molecule has 0 radical (unpaired) electrons. The van der Waals surface area contributed by atoms with Gasteiger partial charge in [-0.1, -0.05) is 14.9 Å². The normalized spacial score (nSPS) is 24.2. The van der Waals surface area contributed by atoms with Crippen LogP contribution in [0.3, 0.4) is 0 Å². The topological polar surface area (TPSA) is 105 Å². The van der Waals surface area contributed by atoms with Crippen LogP contribution < -0.4 is 0 Å². The first kappa shape index (κ1) is 38.0. The van der Waals surface area contributed by atoms with Crippen LogP contribution in [0.5, 0.6) is 0 Å². The molecule has 0 spiro atoms. The number of carbonyl (C=O) groups excluding carboxylic acids is 4. The second-order valence-electron chi connectivity index (χ2n) is 7.16. The number of thioether (sulfide) groups is 2.